The molecule has 1 heterocycles. The molecule has 0 saturated carbocycles. The highest BCUT2D eigenvalue weighted by Crippen LogP contribution is 2.22. The van der Waals surface area contributed by atoms with E-state index in [2.05, 4.69) is 48.4 Å². The lowest BCUT2D eigenvalue weighted by molar-refractivity contribution is -0.113. The van der Waals surface area contributed by atoms with Crippen LogP contribution in [0.4, 0.5) is 5.69 Å². The lowest BCUT2D eigenvalue weighted by Gasteiger charge is -2.19. The number of carbonyl (C=O) groups is 2. The Morgan fingerprint density at radius 3 is 2.58 bits per heavy atom. The number of aromatic amines is 1. The predicted octanol–water partition coefficient (Wildman–Crippen LogP) is 4.58. The van der Waals surface area contributed by atoms with Crippen LogP contribution < -0.4 is 10.6 Å². The number of aromatic nitrogens is 3. The summed E-state index contributed by atoms with van der Waals surface area (Å²) in [5, 5.41) is 13.5. The molecule has 1 aromatic heterocycles. The summed E-state index contributed by atoms with van der Waals surface area (Å²) in [5.74, 6) is 0.558. The Hall–Kier alpha value is -2.40. The van der Waals surface area contributed by atoms with Crippen LogP contribution in [0.5, 0.6) is 0 Å². The van der Waals surface area contributed by atoms with Crippen molar-refractivity contribution in [2.75, 3.05) is 11.1 Å². The van der Waals surface area contributed by atoms with E-state index < -0.39 is 0 Å². The molecule has 0 radical (unpaired) electrons. The molecule has 0 aliphatic rings. The number of hydrogen-bond acceptors (Lipinski definition) is 5. The van der Waals surface area contributed by atoms with Gasteiger partial charge in [-0.05, 0) is 71.3 Å². The third kappa shape index (κ3) is 6.54. The van der Waals surface area contributed by atoms with E-state index in [1.165, 1.54) is 11.8 Å². The molecule has 2 aromatic carbocycles. The first-order chi connectivity index (χ1) is 14.8. The summed E-state index contributed by atoms with van der Waals surface area (Å²) in [5.41, 5.74) is 2.40. The van der Waals surface area contributed by atoms with Crippen LogP contribution in [-0.4, -0.2) is 32.7 Å². The van der Waals surface area contributed by atoms with Crippen molar-refractivity contribution in [3.63, 3.8) is 0 Å². The van der Waals surface area contributed by atoms with Gasteiger partial charge in [-0.15, -0.1) is 5.10 Å². The van der Waals surface area contributed by atoms with Gasteiger partial charge in [0.05, 0.1) is 11.8 Å². The Morgan fingerprint density at radius 2 is 1.90 bits per heavy atom. The summed E-state index contributed by atoms with van der Waals surface area (Å²) in [6, 6.07) is 14.6. The highest BCUT2D eigenvalue weighted by atomic mass is 127. The second-order valence-corrected chi connectivity index (χ2v) is 9.55. The van der Waals surface area contributed by atoms with E-state index in [9.17, 15) is 9.59 Å². The van der Waals surface area contributed by atoms with Crippen molar-refractivity contribution in [2.24, 2.45) is 5.92 Å². The second-order valence-electron chi connectivity index (χ2n) is 7.36. The molecule has 31 heavy (non-hydrogen) atoms. The molecule has 3 rings (SSSR count). The Morgan fingerprint density at radius 1 is 1.16 bits per heavy atom. The van der Waals surface area contributed by atoms with Crippen molar-refractivity contribution in [1.82, 2.24) is 20.5 Å². The molecule has 0 aliphatic heterocycles. The monoisotopic (exact) mass is 549 g/mol. The Balaban J connectivity index is 1.59. The van der Waals surface area contributed by atoms with Gasteiger partial charge in [-0.3, -0.25) is 14.7 Å². The SMILES string of the molecule is Cc1cc(I)ccc1NC(=O)CSc1n[nH]c(C(NC(=O)c2ccccc2)C(C)C)n1. The first-order valence-electron chi connectivity index (χ1n) is 9.80. The zero-order chi connectivity index (χ0) is 22.4. The van der Waals surface area contributed by atoms with Crippen LogP contribution in [0.2, 0.25) is 0 Å². The minimum absolute atomic E-state index is 0.102. The van der Waals surface area contributed by atoms with Crippen LogP contribution in [-0.2, 0) is 4.79 Å². The average molecular weight is 549 g/mol. The molecular weight excluding hydrogens is 525 g/mol. The predicted molar refractivity (Wildman–Crippen MR) is 131 cm³/mol. The molecule has 0 bridgehead atoms. The van der Waals surface area contributed by atoms with Gasteiger partial charge < -0.3 is 10.6 Å². The fourth-order valence-corrected chi connectivity index (χ4v) is 4.16. The number of H-pyrrole nitrogens is 1. The van der Waals surface area contributed by atoms with Crippen LogP contribution in [0, 0.1) is 16.4 Å². The average Bonchev–Trinajstić information content (AvgIpc) is 3.21. The Kier molecular flexibility index (Phi) is 8.08. The first-order valence-corrected chi connectivity index (χ1v) is 11.9. The fourth-order valence-electron chi connectivity index (χ4n) is 2.91. The van der Waals surface area contributed by atoms with Crippen LogP contribution in [0.3, 0.4) is 0 Å². The van der Waals surface area contributed by atoms with Crippen molar-refractivity contribution in [1.29, 1.82) is 0 Å². The molecule has 7 nitrogen and oxygen atoms in total. The standard InChI is InChI=1S/C22H24IN5O2S/c1-13(2)19(25-21(30)15-7-5-4-6-8-15)20-26-22(28-27-20)31-12-18(29)24-17-10-9-16(23)11-14(17)3/h4-11,13,19H,12H2,1-3H3,(H,24,29)(H,25,30)(H,26,27,28). The zero-order valence-corrected chi connectivity index (χ0v) is 20.5. The van der Waals surface area contributed by atoms with Crippen molar-refractivity contribution in [3.05, 3.63) is 69.1 Å². The maximum Gasteiger partial charge on any atom is 0.251 e. The minimum atomic E-state index is -0.321. The molecule has 162 valence electrons. The lowest BCUT2D eigenvalue weighted by Crippen LogP contribution is -2.32. The largest absolute Gasteiger partial charge is 0.342 e. The van der Waals surface area contributed by atoms with Crippen LogP contribution >= 0.6 is 34.4 Å². The van der Waals surface area contributed by atoms with E-state index >= 15 is 0 Å². The number of hydrogen-bond donors (Lipinski definition) is 3. The summed E-state index contributed by atoms with van der Waals surface area (Å²) in [4.78, 5) is 29.3. The van der Waals surface area contributed by atoms with Gasteiger partial charge in [0.2, 0.25) is 11.1 Å². The molecule has 2 amide bonds. The third-order valence-corrected chi connectivity index (χ3v) is 6.08. The van der Waals surface area contributed by atoms with Crippen molar-refractivity contribution < 1.29 is 9.59 Å². The number of carbonyl (C=O) groups excluding carboxylic acids is 2. The topological polar surface area (TPSA) is 99.8 Å². The summed E-state index contributed by atoms with van der Waals surface area (Å²) >= 11 is 3.48. The maximum absolute atomic E-state index is 12.5. The van der Waals surface area contributed by atoms with E-state index in [1.54, 1.807) is 12.1 Å². The molecule has 0 saturated heterocycles. The summed E-state index contributed by atoms with van der Waals surface area (Å²) in [6.45, 7) is 5.96. The van der Waals surface area contributed by atoms with Crippen molar-refractivity contribution in [3.8, 4) is 0 Å². The number of benzene rings is 2. The second kappa shape index (κ2) is 10.8. The molecule has 0 spiro atoms. The summed E-state index contributed by atoms with van der Waals surface area (Å²) in [7, 11) is 0. The highest BCUT2D eigenvalue weighted by molar-refractivity contribution is 14.1. The van der Waals surface area contributed by atoms with Gasteiger partial charge in [-0.1, -0.05) is 43.8 Å². The van der Waals surface area contributed by atoms with Crippen molar-refractivity contribution in [2.45, 2.75) is 32.0 Å². The number of nitrogens with one attached hydrogen (secondary N) is 3. The van der Waals surface area contributed by atoms with Gasteiger partial charge in [0, 0.05) is 14.8 Å². The normalized spacial score (nSPS) is 11.9. The number of thioether (sulfide) groups is 1. The quantitative estimate of drug-likeness (QED) is 0.282. The highest BCUT2D eigenvalue weighted by Gasteiger charge is 2.23. The Bertz CT molecular complexity index is 1060. The molecular formula is C22H24IN5O2S. The van der Waals surface area contributed by atoms with E-state index in [4.69, 9.17) is 0 Å². The van der Waals surface area contributed by atoms with E-state index in [1.807, 2.05) is 57.2 Å². The van der Waals surface area contributed by atoms with Gasteiger partial charge >= 0.3 is 0 Å². The van der Waals surface area contributed by atoms with Crippen LogP contribution in [0.25, 0.3) is 0 Å². The van der Waals surface area contributed by atoms with Gasteiger partial charge in [0.15, 0.2) is 0 Å². The Labute approximate surface area is 199 Å². The molecule has 0 fully saturated rings. The van der Waals surface area contributed by atoms with E-state index in [-0.39, 0.29) is 29.5 Å². The molecule has 9 heteroatoms. The number of nitrogens with zero attached hydrogens (tertiary/aromatic N) is 2. The summed E-state index contributed by atoms with van der Waals surface area (Å²) < 4.78 is 1.12. The smallest absolute Gasteiger partial charge is 0.251 e. The zero-order valence-electron chi connectivity index (χ0n) is 17.5. The number of anilines is 1. The van der Waals surface area contributed by atoms with Gasteiger partial charge in [-0.2, -0.15) is 0 Å². The van der Waals surface area contributed by atoms with Crippen LogP contribution in [0.1, 0.15) is 41.6 Å². The molecule has 0 aliphatic carbocycles. The van der Waals surface area contributed by atoms with E-state index in [0.717, 1.165) is 14.8 Å². The van der Waals surface area contributed by atoms with Crippen LogP contribution in [0.15, 0.2) is 53.7 Å². The molecule has 3 N–H and O–H groups in total. The fraction of sp³-hybridized carbons (Fsp3) is 0.273. The van der Waals surface area contributed by atoms with Gasteiger partial charge in [-0.25, -0.2) is 4.98 Å². The molecule has 3 aromatic rings. The minimum Gasteiger partial charge on any atom is -0.342 e. The maximum atomic E-state index is 12.5. The lowest BCUT2D eigenvalue weighted by atomic mass is 10.0. The van der Waals surface area contributed by atoms with Gasteiger partial charge in [0.25, 0.3) is 5.91 Å². The number of aryl methyl sites for hydroxylation is 1. The number of amides is 2. The van der Waals surface area contributed by atoms with E-state index in [0.29, 0.717) is 16.5 Å². The number of halogens is 1. The van der Waals surface area contributed by atoms with Crippen molar-refractivity contribution >= 4 is 51.9 Å². The number of rotatable bonds is 8. The summed E-state index contributed by atoms with van der Waals surface area (Å²) in [6.07, 6.45) is 0. The third-order valence-electron chi connectivity index (χ3n) is 4.56. The molecule has 1 atom stereocenters. The first kappa shape index (κ1) is 23.3. The van der Waals surface area contributed by atoms with Gasteiger partial charge in [0.1, 0.15) is 5.82 Å². The molecule has 1 unspecified atom stereocenters.